The highest BCUT2D eigenvalue weighted by molar-refractivity contribution is 9.10. The van der Waals surface area contributed by atoms with Gasteiger partial charge in [0.2, 0.25) is 5.91 Å². The van der Waals surface area contributed by atoms with Crippen molar-refractivity contribution in [3.05, 3.63) is 28.0 Å². The van der Waals surface area contributed by atoms with Crippen LogP contribution in [-0.4, -0.2) is 37.2 Å². The molecule has 1 saturated carbocycles. The van der Waals surface area contributed by atoms with Crippen molar-refractivity contribution in [3.63, 3.8) is 0 Å². The molecule has 2 rings (SSSR count). The van der Waals surface area contributed by atoms with Crippen molar-refractivity contribution in [2.24, 2.45) is 0 Å². The molecular formula is C12H11BrFNO5S. The summed E-state index contributed by atoms with van der Waals surface area (Å²) in [5, 5.41) is 11.3. The van der Waals surface area contributed by atoms with Crippen LogP contribution in [0.3, 0.4) is 0 Å². The van der Waals surface area contributed by atoms with Crippen molar-refractivity contribution in [1.29, 1.82) is 0 Å². The maximum absolute atomic E-state index is 14.0. The number of carboxylic acids is 1. The van der Waals surface area contributed by atoms with Crippen LogP contribution in [0.5, 0.6) is 0 Å². The van der Waals surface area contributed by atoms with Gasteiger partial charge in [0.1, 0.15) is 10.6 Å². The number of aromatic carboxylic acids is 1. The first kappa shape index (κ1) is 15.9. The highest BCUT2D eigenvalue weighted by atomic mass is 79.9. The van der Waals surface area contributed by atoms with Crippen molar-refractivity contribution < 1.29 is 27.5 Å². The van der Waals surface area contributed by atoms with E-state index in [1.165, 1.54) is 0 Å². The molecule has 2 N–H and O–H groups in total. The van der Waals surface area contributed by atoms with Crippen LogP contribution in [-0.2, 0) is 14.6 Å². The first-order valence-electron chi connectivity index (χ1n) is 5.95. The van der Waals surface area contributed by atoms with Crippen molar-refractivity contribution in [2.45, 2.75) is 23.8 Å². The van der Waals surface area contributed by atoms with Crippen molar-refractivity contribution in [3.8, 4) is 0 Å². The molecule has 0 radical (unpaired) electrons. The molecule has 0 heterocycles. The van der Waals surface area contributed by atoms with Gasteiger partial charge in [0.25, 0.3) is 0 Å². The lowest BCUT2D eigenvalue weighted by molar-refractivity contribution is -0.118. The minimum Gasteiger partial charge on any atom is -0.478 e. The Morgan fingerprint density at radius 2 is 2.00 bits per heavy atom. The fourth-order valence-corrected chi connectivity index (χ4v) is 3.58. The van der Waals surface area contributed by atoms with Gasteiger partial charge in [-0.25, -0.2) is 17.6 Å². The summed E-state index contributed by atoms with van der Waals surface area (Å²) < 4.78 is 38.3. The fourth-order valence-electron chi connectivity index (χ4n) is 1.69. The zero-order valence-electron chi connectivity index (χ0n) is 10.6. The minimum absolute atomic E-state index is 0.0189. The second-order valence-corrected chi connectivity index (χ2v) is 7.55. The number of carbonyl (C=O) groups is 2. The molecule has 6 nitrogen and oxygen atoms in total. The third-order valence-electron chi connectivity index (χ3n) is 2.83. The molecule has 0 aromatic heterocycles. The molecule has 1 aromatic rings. The molecular weight excluding hydrogens is 369 g/mol. The fraction of sp³-hybridized carbons (Fsp3) is 0.333. The Labute approximate surface area is 128 Å². The molecule has 21 heavy (non-hydrogen) atoms. The number of carboxylic acid groups (broad SMARTS) is 1. The number of amides is 1. The van der Waals surface area contributed by atoms with Crippen LogP contribution >= 0.6 is 15.9 Å². The van der Waals surface area contributed by atoms with E-state index in [0.717, 1.165) is 25.0 Å². The van der Waals surface area contributed by atoms with Gasteiger partial charge >= 0.3 is 5.97 Å². The predicted octanol–water partition coefficient (Wildman–Crippen LogP) is 1.34. The van der Waals surface area contributed by atoms with Crippen molar-refractivity contribution >= 4 is 37.6 Å². The number of hydrogen-bond acceptors (Lipinski definition) is 4. The summed E-state index contributed by atoms with van der Waals surface area (Å²) in [6.45, 7) is 0. The molecule has 0 aliphatic heterocycles. The summed E-state index contributed by atoms with van der Waals surface area (Å²) in [5.74, 6) is -4.61. The molecule has 0 spiro atoms. The highest BCUT2D eigenvalue weighted by Gasteiger charge is 2.30. The summed E-state index contributed by atoms with van der Waals surface area (Å²) in [4.78, 5) is 21.6. The van der Waals surface area contributed by atoms with Crippen LogP contribution in [0, 0.1) is 5.82 Å². The van der Waals surface area contributed by atoms with E-state index in [0.29, 0.717) is 0 Å². The van der Waals surface area contributed by atoms with Crippen LogP contribution in [0.4, 0.5) is 4.39 Å². The van der Waals surface area contributed by atoms with E-state index in [1.807, 2.05) is 0 Å². The molecule has 9 heteroatoms. The van der Waals surface area contributed by atoms with Crippen LogP contribution in [0.25, 0.3) is 0 Å². The molecule has 1 fully saturated rings. The molecule has 0 atom stereocenters. The van der Waals surface area contributed by atoms with Gasteiger partial charge in [-0.15, -0.1) is 0 Å². The number of sulfone groups is 1. The van der Waals surface area contributed by atoms with Crippen LogP contribution in [0.1, 0.15) is 23.2 Å². The molecule has 114 valence electrons. The summed E-state index contributed by atoms with van der Waals surface area (Å²) in [6, 6.07) is 1.89. The van der Waals surface area contributed by atoms with E-state index in [4.69, 9.17) is 5.11 Å². The van der Waals surface area contributed by atoms with E-state index in [9.17, 15) is 22.4 Å². The molecule has 1 aliphatic carbocycles. The first-order valence-corrected chi connectivity index (χ1v) is 8.39. The Morgan fingerprint density at radius 1 is 1.38 bits per heavy atom. The van der Waals surface area contributed by atoms with Gasteiger partial charge in [-0.05, 0) is 25.0 Å². The van der Waals surface area contributed by atoms with Crippen molar-refractivity contribution in [1.82, 2.24) is 5.32 Å². The number of nitrogens with one attached hydrogen (secondary N) is 1. The molecule has 1 amide bonds. The van der Waals surface area contributed by atoms with Gasteiger partial charge in [0, 0.05) is 10.5 Å². The number of halogens is 2. The van der Waals surface area contributed by atoms with Gasteiger partial charge < -0.3 is 10.4 Å². The quantitative estimate of drug-likeness (QED) is 0.803. The topological polar surface area (TPSA) is 101 Å². The zero-order valence-corrected chi connectivity index (χ0v) is 13.0. The monoisotopic (exact) mass is 379 g/mol. The number of benzene rings is 1. The molecule has 0 saturated heterocycles. The van der Waals surface area contributed by atoms with Gasteiger partial charge in [0.15, 0.2) is 15.7 Å². The third kappa shape index (κ3) is 3.79. The second-order valence-electron chi connectivity index (χ2n) is 4.67. The number of carbonyl (C=O) groups excluding carboxylic acids is 1. The number of hydrogen-bond donors (Lipinski definition) is 2. The van der Waals surface area contributed by atoms with Gasteiger partial charge in [-0.3, -0.25) is 4.79 Å². The Kier molecular flexibility index (Phi) is 4.33. The predicted molar refractivity (Wildman–Crippen MR) is 74.3 cm³/mol. The molecule has 1 aliphatic rings. The van der Waals surface area contributed by atoms with Gasteiger partial charge in [0.05, 0.1) is 5.56 Å². The maximum Gasteiger partial charge on any atom is 0.338 e. The average molecular weight is 380 g/mol. The summed E-state index contributed by atoms with van der Waals surface area (Å²) in [5.41, 5.74) is -0.773. The van der Waals surface area contributed by atoms with Crippen LogP contribution in [0.15, 0.2) is 21.5 Å². The Bertz CT molecular complexity index is 715. The molecule has 0 bridgehead atoms. The van der Waals surface area contributed by atoms with E-state index in [-0.39, 0.29) is 10.5 Å². The number of rotatable bonds is 5. The highest BCUT2D eigenvalue weighted by Crippen LogP contribution is 2.25. The van der Waals surface area contributed by atoms with E-state index in [1.54, 1.807) is 0 Å². The Hall–Kier alpha value is -1.48. The van der Waals surface area contributed by atoms with Crippen LogP contribution in [0.2, 0.25) is 0 Å². The molecule has 1 aromatic carbocycles. The minimum atomic E-state index is -4.27. The lowest BCUT2D eigenvalue weighted by Crippen LogP contribution is -2.32. The summed E-state index contributed by atoms with van der Waals surface area (Å²) >= 11 is 2.93. The third-order valence-corrected chi connectivity index (χ3v) is 4.90. The standard InChI is InChI=1S/C12H11BrFNO5S/c13-6-3-8(12(17)18)11(14)9(4-6)21(19,20)5-10(16)15-7-1-2-7/h3-4,7H,1-2,5H2,(H,15,16)(H,17,18). The maximum atomic E-state index is 14.0. The van der Waals surface area contributed by atoms with E-state index in [2.05, 4.69) is 21.2 Å². The SMILES string of the molecule is O=C(CS(=O)(=O)c1cc(Br)cc(C(=O)O)c1F)NC1CC1. The second kappa shape index (κ2) is 5.72. The first-order chi connectivity index (χ1) is 9.70. The lowest BCUT2D eigenvalue weighted by Gasteiger charge is -2.09. The van der Waals surface area contributed by atoms with Crippen LogP contribution < -0.4 is 5.32 Å². The summed E-state index contributed by atoms with van der Waals surface area (Å²) in [7, 11) is -4.27. The molecule has 0 unspecified atom stereocenters. The van der Waals surface area contributed by atoms with E-state index < -0.39 is 43.7 Å². The van der Waals surface area contributed by atoms with Crippen molar-refractivity contribution in [2.75, 3.05) is 5.75 Å². The Balaban J connectivity index is 2.34. The van der Waals surface area contributed by atoms with E-state index >= 15 is 0 Å². The summed E-state index contributed by atoms with van der Waals surface area (Å²) in [6.07, 6.45) is 1.58. The lowest BCUT2D eigenvalue weighted by atomic mass is 10.2. The van der Waals surface area contributed by atoms with Gasteiger partial charge in [-0.1, -0.05) is 15.9 Å². The Morgan fingerprint density at radius 3 is 2.52 bits per heavy atom. The van der Waals surface area contributed by atoms with Gasteiger partial charge in [-0.2, -0.15) is 0 Å². The normalized spacial score (nSPS) is 14.8. The zero-order chi connectivity index (χ0) is 15.8. The largest absolute Gasteiger partial charge is 0.478 e. The smallest absolute Gasteiger partial charge is 0.338 e. The average Bonchev–Trinajstić information content (AvgIpc) is 3.14.